The van der Waals surface area contributed by atoms with E-state index in [4.69, 9.17) is 32.7 Å². The van der Waals surface area contributed by atoms with Crippen molar-refractivity contribution in [3.8, 4) is 17.2 Å². The van der Waals surface area contributed by atoms with Crippen LogP contribution in [0.3, 0.4) is 0 Å². The molecule has 0 aromatic heterocycles. The van der Waals surface area contributed by atoms with Crippen LogP contribution in [0, 0.1) is 0 Å². The van der Waals surface area contributed by atoms with Gasteiger partial charge in [0, 0.05) is 10.0 Å². The molecule has 0 aliphatic heterocycles. The zero-order valence-corrected chi connectivity index (χ0v) is 21.9. The molecule has 190 valence electrons. The van der Waals surface area contributed by atoms with Crippen molar-refractivity contribution in [3.63, 3.8) is 0 Å². The lowest BCUT2D eigenvalue weighted by Crippen LogP contribution is -2.38. The second-order valence-electron chi connectivity index (χ2n) is 7.74. The number of carbonyl (C=O) groups excluding carboxylic acids is 1. The summed E-state index contributed by atoms with van der Waals surface area (Å²) in [5.41, 5.74) is 0.538. The predicted molar refractivity (Wildman–Crippen MR) is 146 cm³/mol. The molecule has 0 radical (unpaired) electrons. The molecule has 1 N–H and O–H groups in total. The van der Waals surface area contributed by atoms with Gasteiger partial charge in [0.15, 0.2) is 17.2 Å². The first-order valence-corrected chi connectivity index (χ1v) is 13.2. The topological polar surface area (TPSA) is 84.9 Å². The molecule has 0 atom stereocenters. The second-order valence-corrected chi connectivity index (χ2v) is 10.5. The minimum atomic E-state index is -4.07. The molecule has 4 aromatic rings. The van der Waals surface area contributed by atoms with Gasteiger partial charge in [-0.3, -0.25) is 9.10 Å². The van der Waals surface area contributed by atoms with Crippen LogP contribution in [-0.2, 0) is 14.8 Å². The predicted octanol–water partition coefficient (Wildman–Crippen LogP) is 6.63. The highest BCUT2D eigenvalue weighted by Gasteiger charge is 2.27. The summed E-state index contributed by atoms with van der Waals surface area (Å²) in [6.45, 7) is -0.514. The van der Waals surface area contributed by atoms with E-state index in [2.05, 4.69) is 5.32 Å². The van der Waals surface area contributed by atoms with Gasteiger partial charge in [-0.15, -0.1) is 0 Å². The van der Waals surface area contributed by atoms with Crippen molar-refractivity contribution in [3.05, 3.63) is 107 Å². The van der Waals surface area contributed by atoms with E-state index < -0.39 is 22.5 Å². The number of halogens is 2. The van der Waals surface area contributed by atoms with Crippen LogP contribution in [-0.4, -0.2) is 28.0 Å². The van der Waals surface area contributed by atoms with Gasteiger partial charge in [-0.2, -0.15) is 0 Å². The Morgan fingerprint density at radius 2 is 1.43 bits per heavy atom. The molecule has 4 rings (SSSR count). The monoisotopic (exact) mass is 556 g/mol. The number of ether oxygens (including phenoxy) is 2. The third kappa shape index (κ3) is 6.35. The Morgan fingerprint density at radius 1 is 0.811 bits per heavy atom. The van der Waals surface area contributed by atoms with E-state index in [9.17, 15) is 13.2 Å². The fourth-order valence-corrected chi connectivity index (χ4v) is 5.21. The number of anilines is 2. The largest absolute Gasteiger partial charge is 0.493 e. The van der Waals surface area contributed by atoms with Crippen molar-refractivity contribution in [2.45, 2.75) is 4.90 Å². The molecule has 0 unspecified atom stereocenters. The minimum absolute atomic E-state index is 0.0423. The van der Waals surface area contributed by atoms with Crippen molar-refractivity contribution in [1.29, 1.82) is 0 Å². The maximum Gasteiger partial charge on any atom is 0.264 e. The molecular weight excluding hydrogens is 535 g/mol. The summed E-state index contributed by atoms with van der Waals surface area (Å²) >= 11 is 12.2. The van der Waals surface area contributed by atoms with Crippen LogP contribution in [0.1, 0.15) is 0 Å². The van der Waals surface area contributed by atoms with Crippen molar-refractivity contribution in [2.24, 2.45) is 0 Å². The molecule has 0 bridgehead atoms. The van der Waals surface area contributed by atoms with E-state index in [1.165, 1.54) is 37.4 Å². The van der Waals surface area contributed by atoms with Crippen LogP contribution in [0.2, 0.25) is 10.0 Å². The molecule has 0 fully saturated rings. The Labute approximate surface area is 225 Å². The minimum Gasteiger partial charge on any atom is -0.493 e. The molecule has 1 amide bonds. The first kappa shape index (κ1) is 26.3. The zero-order valence-electron chi connectivity index (χ0n) is 19.6. The molecule has 4 aromatic carbocycles. The van der Waals surface area contributed by atoms with Crippen molar-refractivity contribution < 1.29 is 22.7 Å². The van der Waals surface area contributed by atoms with Gasteiger partial charge >= 0.3 is 0 Å². The van der Waals surface area contributed by atoms with Crippen LogP contribution in [0.25, 0.3) is 0 Å². The normalized spacial score (nSPS) is 11.0. The summed E-state index contributed by atoms with van der Waals surface area (Å²) in [5, 5.41) is 3.51. The number of benzene rings is 4. The maximum absolute atomic E-state index is 13.5. The molecule has 37 heavy (non-hydrogen) atoms. The lowest BCUT2D eigenvalue weighted by molar-refractivity contribution is -0.114. The molecule has 0 aliphatic carbocycles. The maximum atomic E-state index is 13.5. The summed E-state index contributed by atoms with van der Waals surface area (Å²) in [7, 11) is -2.56. The lowest BCUT2D eigenvalue weighted by atomic mass is 10.2. The number of carbonyl (C=O) groups is 1. The number of hydrogen-bond donors (Lipinski definition) is 1. The van der Waals surface area contributed by atoms with Crippen LogP contribution >= 0.6 is 23.2 Å². The highest BCUT2D eigenvalue weighted by molar-refractivity contribution is 7.92. The van der Waals surface area contributed by atoms with Gasteiger partial charge in [0.25, 0.3) is 10.0 Å². The van der Waals surface area contributed by atoms with Crippen LogP contribution in [0.5, 0.6) is 17.2 Å². The fourth-order valence-electron chi connectivity index (χ4n) is 3.47. The molecule has 0 heterocycles. The summed E-state index contributed by atoms with van der Waals surface area (Å²) in [4.78, 5) is 13.3. The standard InChI is InChI=1S/C27H22Cl2N2O5S/c1-35-25-9-5-6-10-26(25)36-24-16-13-20(29)17-23(24)30-27(32)18-31(21-14-11-19(28)12-15-21)37(33,34)22-7-3-2-4-8-22/h2-17H,18H2,1H3,(H,30,32). The van der Waals surface area contributed by atoms with Gasteiger partial charge < -0.3 is 14.8 Å². The SMILES string of the molecule is COc1ccccc1Oc1ccc(Cl)cc1NC(=O)CN(c1ccc(Cl)cc1)S(=O)(=O)c1ccccc1. The number of para-hydroxylation sites is 2. The molecule has 7 nitrogen and oxygen atoms in total. The average molecular weight is 557 g/mol. The fraction of sp³-hybridized carbons (Fsp3) is 0.0741. The zero-order chi connectivity index (χ0) is 26.4. The smallest absolute Gasteiger partial charge is 0.264 e. The van der Waals surface area contributed by atoms with Crippen molar-refractivity contribution in [2.75, 3.05) is 23.3 Å². The molecule has 0 saturated carbocycles. The Balaban J connectivity index is 1.64. The number of amides is 1. The third-order valence-electron chi connectivity index (χ3n) is 5.24. The van der Waals surface area contributed by atoms with Gasteiger partial charge in [0.1, 0.15) is 6.54 Å². The summed E-state index contributed by atoms with van der Waals surface area (Å²) < 4.78 is 39.3. The first-order chi connectivity index (χ1) is 17.8. The van der Waals surface area contributed by atoms with Crippen molar-refractivity contribution in [1.82, 2.24) is 0 Å². The van der Waals surface area contributed by atoms with E-state index in [-0.39, 0.29) is 16.3 Å². The first-order valence-electron chi connectivity index (χ1n) is 11.0. The number of nitrogens with zero attached hydrogens (tertiary/aromatic N) is 1. The summed E-state index contributed by atoms with van der Waals surface area (Å²) in [6, 6.07) is 25.8. The van der Waals surface area contributed by atoms with Crippen LogP contribution in [0.4, 0.5) is 11.4 Å². The van der Waals surface area contributed by atoms with Crippen molar-refractivity contribution >= 4 is 50.5 Å². The van der Waals surface area contributed by atoms with E-state index in [1.807, 2.05) is 0 Å². The highest BCUT2D eigenvalue weighted by atomic mass is 35.5. The quantitative estimate of drug-likeness (QED) is 0.250. The summed E-state index contributed by atoms with van der Waals surface area (Å²) in [6.07, 6.45) is 0. The molecule has 0 spiro atoms. The number of methoxy groups -OCH3 is 1. The van der Waals surface area contributed by atoms with Gasteiger partial charge in [-0.25, -0.2) is 8.42 Å². The Morgan fingerprint density at radius 3 is 2.11 bits per heavy atom. The highest BCUT2D eigenvalue weighted by Crippen LogP contribution is 2.36. The van der Waals surface area contributed by atoms with Gasteiger partial charge in [-0.05, 0) is 66.7 Å². The average Bonchev–Trinajstić information content (AvgIpc) is 2.90. The van der Waals surface area contributed by atoms with Gasteiger partial charge in [0.05, 0.1) is 23.4 Å². The van der Waals surface area contributed by atoms with Gasteiger partial charge in [-0.1, -0.05) is 53.5 Å². The number of rotatable bonds is 9. The Kier molecular flexibility index (Phi) is 8.23. The van der Waals surface area contributed by atoms with E-state index in [0.29, 0.717) is 27.3 Å². The number of hydrogen-bond acceptors (Lipinski definition) is 5. The lowest BCUT2D eigenvalue weighted by Gasteiger charge is -2.24. The number of sulfonamides is 1. The number of nitrogens with one attached hydrogen (secondary N) is 1. The Hall–Kier alpha value is -3.72. The molecule has 10 heteroatoms. The summed E-state index contributed by atoms with van der Waals surface area (Å²) in [5.74, 6) is 0.614. The van der Waals surface area contributed by atoms with Crippen LogP contribution < -0.4 is 19.1 Å². The Bertz CT molecular complexity index is 1500. The van der Waals surface area contributed by atoms with E-state index in [1.54, 1.807) is 66.7 Å². The molecule has 0 aliphatic rings. The molecule has 0 saturated heterocycles. The van der Waals surface area contributed by atoms with Crippen LogP contribution in [0.15, 0.2) is 102 Å². The van der Waals surface area contributed by atoms with Gasteiger partial charge in [0.2, 0.25) is 5.91 Å². The second kappa shape index (κ2) is 11.6. The molecular formula is C27H22Cl2N2O5S. The van der Waals surface area contributed by atoms with E-state index >= 15 is 0 Å². The van der Waals surface area contributed by atoms with E-state index in [0.717, 1.165) is 4.31 Å². The third-order valence-corrected chi connectivity index (χ3v) is 7.51.